The van der Waals surface area contributed by atoms with Gasteiger partial charge in [0.05, 0.1) is 13.7 Å². The van der Waals surface area contributed by atoms with Crippen molar-refractivity contribution in [2.24, 2.45) is 0 Å². The standard InChI is InChI=1S/C20H24N2O4/c1-26-17-8-7-15-10-14(5-6-16(15)11-17)12-21-19(24)13-22-9-3-2-4-18(23)20(22)25/h5-8,10-11,18,23H,2-4,9,12-13H2,1H3,(H,21,24). The smallest absolute Gasteiger partial charge is 0.251 e. The van der Waals surface area contributed by atoms with E-state index in [4.69, 9.17) is 4.74 Å². The van der Waals surface area contributed by atoms with Crippen molar-refractivity contribution in [2.75, 3.05) is 20.2 Å². The molecule has 1 unspecified atom stereocenters. The summed E-state index contributed by atoms with van der Waals surface area (Å²) in [6, 6.07) is 11.8. The number of aliphatic hydroxyl groups excluding tert-OH is 1. The molecule has 1 aliphatic rings. The predicted molar refractivity (Wildman–Crippen MR) is 98.8 cm³/mol. The van der Waals surface area contributed by atoms with Gasteiger partial charge in [0.2, 0.25) is 5.91 Å². The molecule has 0 saturated carbocycles. The molecule has 0 aromatic heterocycles. The lowest BCUT2D eigenvalue weighted by molar-refractivity contribution is -0.142. The van der Waals surface area contributed by atoms with Gasteiger partial charge in [-0.05, 0) is 53.8 Å². The molecule has 1 atom stereocenters. The molecule has 3 rings (SSSR count). The van der Waals surface area contributed by atoms with E-state index in [9.17, 15) is 14.7 Å². The Labute approximate surface area is 152 Å². The minimum Gasteiger partial charge on any atom is -0.497 e. The summed E-state index contributed by atoms with van der Waals surface area (Å²) >= 11 is 0. The van der Waals surface area contributed by atoms with E-state index >= 15 is 0 Å². The van der Waals surface area contributed by atoms with Crippen LogP contribution in [0, 0.1) is 0 Å². The summed E-state index contributed by atoms with van der Waals surface area (Å²) in [6.07, 6.45) is 1.10. The zero-order valence-electron chi connectivity index (χ0n) is 14.9. The molecular weight excluding hydrogens is 332 g/mol. The Balaban J connectivity index is 1.58. The van der Waals surface area contributed by atoms with Crippen molar-refractivity contribution in [1.29, 1.82) is 0 Å². The molecule has 2 amide bonds. The highest BCUT2D eigenvalue weighted by atomic mass is 16.5. The highest BCUT2D eigenvalue weighted by Crippen LogP contribution is 2.21. The maximum Gasteiger partial charge on any atom is 0.251 e. The Hall–Kier alpha value is -2.60. The van der Waals surface area contributed by atoms with Gasteiger partial charge in [0.25, 0.3) is 5.91 Å². The summed E-state index contributed by atoms with van der Waals surface area (Å²) in [4.78, 5) is 25.7. The van der Waals surface area contributed by atoms with Crippen LogP contribution in [-0.4, -0.2) is 48.1 Å². The van der Waals surface area contributed by atoms with Gasteiger partial charge < -0.3 is 20.1 Å². The second-order valence-corrected chi connectivity index (χ2v) is 6.60. The Bertz CT molecular complexity index is 805. The molecule has 26 heavy (non-hydrogen) atoms. The Morgan fingerprint density at radius 3 is 2.81 bits per heavy atom. The summed E-state index contributed by atoms with van der Waals surface area (Å²) in [5, 5.41) is 14.8. The molecule has 0 bridgehead atoms. The van der Waals surface area contributed by atoms with Crippen LogP contribution in [-0.2, 0) is 16.1 Å². The number of benzene rings is 2. The van der Waals surface area contributed by atoms with E-state index in [0.717, 1.165) is 34.9 Å². The number of likely N-dealkylation sites (tertiary alicyclic amines) is 1. The number of ether oxygens (including phenoxy) is 1. The molecule has 0 radical (unpaired) electrons. The number of carbonyl (C=O) groups is 2. The first-order chi connectivity index (χ1) is 12.6. The van der Waals surface area contributed by atoms with Crippen LogP contribution in [0.15, 0.2) is 36.4 Å². The third-order valence-corrected chi connectivity index (χ3v) is 4.69. The van der Waals surface area contributed by atoms with Gasteiger partial charge in [0.1, 0.15) is 11.9 Å². The van der Waals surface area contributed by atoms with E-state index in [2.05, 4.69) is 5.32 Å². The van der Waals surface area contributed by atoms with E-state index in [1.807, 2.05) is 36.4 Å². The Morgan fingerprint density at radius 2 is 2.00 bits per heavy atom. The number of carbonyl (C=O) groups excluding carboxylic acids is 2. The van der Waals surface area contributed by atoms with Crippen LogP contribution in [0.25, 0.3) is 10.8 Å². The predicted octanol–water partition coefficient (Wildman–Crippen LogP) is 1.84. The van der Waals surface area contributed by atoms with Gasteiger partial charge in [0, 0.05) is 13.1 Å². The van der Waals surface area contributed by atoms with E-state index in [1.165, 1.54) is 4.90 Å². The van der Waals surface area contributed by atoms with Crippen LogP contribution >= 0.6 is 0 Å². The number of methoxy groups -OCH3 is 1. The summed E-state index contributed by atoms with van der Waals surface area (Å²) in [5.74, 6) is 0.238. The quantitative estimate of drug-likeness (QED) is 0.857. The van der Waals surface area contributed by atoms with Crippen LogP contribution < -0.4 is 10.1 Å². The van der Waals surface area contributed by atoms with Crippen molar-refractivity contribution in [3.8, 4) is 5.75 Å². The summed E-state index contributed by atoms with van der Waals surface area (Å²) in [6.45, 7) is 0.896. The summed E-state index contributed by atoms with van der Waals surface area (Å²) < 4.78 is 5.22. The lowest BCUT2D eigenvalue weighted by Crippen LogP contribution is -2.44. The minimum absolute atomic E-state index is 0.0132. The Kier molecular flexibility index (Phi) is 5.73. The zero-order valence-corrected chi connectivity index (χ0v) is 14.9. The Morgan fingerprint density at radius 1 is 1.23 bits per heavy atom. The molecule has 2 aromatic rings. The number of nitrogens with zero attached hydrogens (tertiary/aromatic N) is 1. The molecular formula is C20H24N2O4. The minimum atomic E-state index is -0.984. The van der Waals surface area contributed by atoms with Gasteiger partial charge in [-0.25, -0.2) is 0 Å². The molecule has 6 nitrogen and oxygen atoms in total. The number of fused-ring (bicyclic) bond motifs is 1. The first-order valence-corrected chi connectivity index (χ1v) is 8.87. The number of hydrogen-bond donors (Lipinski definition) is 2. The van der Waals surface area contributed by atoms with E-state index < -0.39 is 6.10 Å². The molecule has 0 spiro atoms. The number of aliphatic hydroxyl groups is 1. The topological polar surface area (TPSA) is 78.9 Å². The van der Waals surface area contributed by atoms with Crippen LogP contribution in [0.4, 0.5) is 0 Å². The van der Waals surface area contributed by atoms with Gasteiger partial charge in [-0.2, -0.15) is 0 Å². The normalized spacial score (nSPS) is 17.8. The fraction of sp³-hybridized carbons (Fsp3) is 0.400. The number of hydrogen-bond acceptors (Lipinski definition) is 4. The molecule has 1 heterocycles. The molecule has 1 aliphatic heterocycles. The molecule has 1 saturated heterocycles. The monoisotopic (exact) mass is 356 g/mol. The molecule has 138 valence electrons. The van der Waals surface area contributed by atoms with E-state index in [0.29, 0.717) is 19.5 Å². The number of rotatable bonds is 5. The fourth-order valence-electron chi connectivity index (χ4n) is 3.18. The lowest BCUT2D eigenvalue weighted by Gasteiger charge is -2.21. The second kappa shape index (κ2) is 8.19. The van der Waals surface area contributed by atoms with Gasteiger partial charge >= 0.3 is 0 Å². The van der Waals surface area contributed by atoms with Crippen molar-refractivity contribution in [1.82, 2.24) is 10.2 Å². The number of nitrogens with one attached hydrogen (secondary N) is 1. The average Bonchev–Trinajstić information content (AvgIpc) is 2.81. The van der Waals surface area contributed by atoms with Crippen molar-refractivity contribution in [2.45, 2.75) is 31.9 Å². The third-order valence-electron chi connectivity index (χ3n) is 4.69. The van der Waals surface area contributed by atoms with Crippen LogP contribution in [0.1, 0.15) is 24.8 Å². The summed E-state index contributed by atoms with van der Waals surface area (Å²) in [7, 11) is 1.64. The van der Waals surface area contributed by atoms with Gasteiger partial charge in [-0.1, -0.05) is 18.2 Å². The van der Waals surface area contributed by atoms with E-state index in [1.54, 1.807) is 7.11 Å². The van der Waals surface area contributed by atoms with Crippen molar-refractivity contribution in [3.05, 3.63) is 42.0 Å². The SMILES string of the molecule is COc1ccc2cc(CNC(=O)CN3CCCCC(O)C3=O)ccc2c1. The number of amides is 2. The first-order valence-electron chi connectivity index (χ1n) is 8.87. The maximum absolute atomic E-state index is 12.2. The molecule has 0 aliphatic carbocycles. The van der Waals surface area contributed by atoms with Gasteiger partial charge in [0.15, 0.2) is 0 Å². The van der Waals surface area contributed by atoms with Crippen LogP contribution in [0.3, 0.4) is 0 Å². The second-order valence-electron chi connectivity index (χ2n) is 6.60. The van der Waals surface area contributed by atoms with Crippen LogP contribution in [0.2, 0.25) is 0 Å². The third kappa shape index (κ3) is 4.32. The molecule has 6 heteroatoms. The van der Waals surface area contributed by atoms with Crippen molar-refractivity contribution >= 4 is 22.6 Å². The van der Waals surface area contributed by atoms with Crippen LogP contribution in [0.5, 0.6) is 5.75 Å². The average molecular weight is 356 g/mol. The fourth-order valence-corrected chi connectivity index (χ4v) is 3.18. The first kappa shape index (κ1) is 18.2. The largest absolute Gasteiger partial charge is 0.497 e. The molecule has 1 fully saturated rings. The highest BCUT2D eigenvalue weighted by molar-refractivity contribution is 5.87. The van der Waals surface area contributed by atoms with Gasteiger partial charge in [-0.3, -0.25) is 9.59 Å². The molecule has 2 aromatic carbocycles. The van der Waals surface area contributed by atoms with E-state index in [-0.39, 0.29) is 18.4 Å². The van der Waals surface area contributed by atoms with Crippen molar-refractivity contribution in [3.63, 3.8) is 0 Å². The maximum atomic E-state index is 12.2. The summed E-state index contributed by atoms with van der Waals surface area (Å²) in [5.41, 5.74) is 0.984. The van der Waals surface area contributed by atoms with Gasteiger partial charge in [-0.15, -0.1) is 0 Å². The van der Waals surface area contributed by atoms with Crippen molar-refractivity contribution < 1.29 is 19.4 Å². The molecule has 2 N–H and O–H groups in total. The highest BCUT2D eigenvalue weighted by Gasteiger charge is 2.26. The zero-order chi connectivity index (χ0) is 18.5. The lowest BCUT2D eigenvalue weighted by atomic mass is 10.1.